The van der Waals surface area contributed by atoms with Crippen molar-refractivity contribution in [1.29, 1.82) is 0 Å². The van der Waals surface area contributed by atoms with Gasteiger partial charge in [-0.05, 0) is 37.9 Å². The second-order valence-corrected chi connectivity index (χ2v) is 6.96. The van der Waals surface area contributed by atoms with Crippen LogP contribution in [0.3, 0.4) is 0 Å². The molecule has 3 saturated heterocycles. The van der Waals surface area contributed by atoms with Gasteiger partial charge in [0.25, 0.3) is 5.91 Å². The zero-order chi connectivity index (χ0) is 15.8. The Labute approximate surface area is 137 Å². The molecule has 2 aromatic heterocycles. The Bertz CT molecular complexity index is 700. The van der Waals surface area contributed by atoms with Gasteiger partial charge in [-0.1, -0.05) is 0 Å². The minimum absolute atomic E-state index is 0.00852. The van der Waals surface area contributed by atoms with Gasteiger partial charge in [-0.3, -0.25) is 19.7 Å². The molecule has 1 amide bonds. The first-order chi connectivity index (χ1) is 11.2. The lowest BCUT2D eigenvalue weighted by molar-refractivity contribution is 0.0733. The van der Waals surface area contributed by atoms with Crippen molar-refractivity contribution >= 4 is 22.9 Å². The topological polar surface area (TPSA) is 49.3 Å². The van der Waals surface area contributed by atoms with E-state index >= 15 is 0 Å². The molecule has 0 aliphatic carbocycles. The molecule has 5 heterocycles. The van der Waals surface area contributed by atoms with Crippen LogP contribution in [0.1, 0.15) is 22.5 Å². The summed E-state index contributed by atoms with van der Waals surface area (Å²) in [6.45, 7) is 2.93. The van der Waals surface area contributed by atoms with E-state index in [2.05, 4.69) is 14.9 Å². The summed E-state index contributed by atoms with van der Waals surface area (Å²) in [5.74, 6) is -0.177. The molecule has 1 atom stereocenters. The number of pyridine rings is 1. The lowest BCUT2D eigenvalue weighted by Crippen LogP contribution is -2.59. The van der Waals surface area contributed by atoms with Crippen molar-refractivity contribution in [3.63, 3.8) is 0 Å². The standard InChI is InChI=1S/C16H17FN4OS/c17-12-1-4-18-7-13(12)21(16(22)15-8-19-10-23-15)14-9-20-5-2-11(14)3-6-20/h1,4,7-8,10-11,14H,2-3,5-6,9H2/t14-/m0/s1. The molecule has 5 nitrogen and oxygen atoms in total. The molecule has 5 rings (SSSR count). The number of fused-ring (bicyclic) bond motifs is 3. The van der Waals surface area contributed by atoms with E-state index in [0.29, 0.717) is 10.8 Å². The van der Waals surface area contributed by atoms with E-state index in [1.807, 2.05) is 0 Å². The summed E-state index contributed by atoms with van der Waals surface area (Å²) in [6, 6.07) is 1.30. The Balaban J connectivity index is 1.75. The molecule has 3 aliphatic heterocycles. The fourth-order valence-corrected chi connectivity index (χ4v) is 4.21. The van der Waals surface area contributed by atoms with Gasteiger partial charge in [-0.2, -0.15) is 0 Å². The zero-order valence-electron chi connectivity index (χ0n) is 12.6. The number of nitrogens with zero attached hydrogens (tertiary/aromatic N) is 4. The Morgan fingerprint density at radius 3 is 2.74 bits per heavy atom. The first-order valence-electron chi connectivity index (χ1n) is 7.78. The van der Waals surface area contributed by atoms with E-state index in [1.165, 1.54) is 29.8 Å². The number of halogens is 1. The summed E-state index contributed by atoms with van der Waals surface area (Å²) in [7, 11) is 0. The molecule has 120 valence electrons. The average Bonchev–Trinajstić information content (AvgIpc) is 3.12. The van der Waals surface area contributed by atoms with Crippen molar-refractivity contribution in [2.45, 2.75) is 18.9 Å². The quantitative estimate of drug-likeness (QED) is 0.866. The maximum atomic E-state index is 14.4. The number of amides is 1. The second-order valence-electron chi connectivity index (χ2n) is 6.07. The maximum Gasteiger partial charge on any atom is 0.270 e. The number of aromatic nitrogens is 2. The predicted molar refractivity (Wildman–Crippen MR) is 86.1 cm³/mol. The number of hydrogen-bond acceptors (Lipinski definition) is 5. The lowest BCUT2D eigenvalue weighted by atomic mass is 9.83. The SMILES string of the molecule is O=C(c1cncs1)N(c1cnccc1F)[C@H]1CN2CCC1CC2. The maximum absolute atomic E-state index is 14.4. The third kappa shape index (κ3) is 2.64. The third-order valence-electron chi connectivity index (χ3n) is 4.82. The van der Waals surface area contributed by atoms with Crippen LogP contribution in [0.2, 0.25) is 0 Å². The van der Waals surface area contributed by atoms with E-state index in [1.54, 1.807) is 16.6 Å². The van der Waals surface area contributed by atoms with E-state index < -0.39 is 5.82 Å². The van der Waals surface area contributed by atoms with Crippen molar-refractivity contribution in [3.05, 3.63) is 40.9 Å². The van der Waals surface area contributed by atoms with Crippen LogP contribution in [0.25, 0.3) is 0 Å². The number of rotatable bonds is 3. The highest BCUT2D eigenvalue weighted by Crippen LogP contribution is 2.35. The highest BCUT2D eigenvalue weighted by molar-refractivity contribution is 7.11. The normalized spacial score (nSPS) is 26.2. The summed E-state index contributed by atoms with van der Waals surface area (Å²) in [4.78, 5) is 25.5. The molecule has 3 aliphatic rings. The number of anilines is 1. The Morgan fingerprint density at radius 1 is 1.30 bits per heavy atom. The van der Waals surface area contributed by atoms with Gasteiger partial charge >= 0.3 is 0 Å². The van der Waals surface area contributed by atoms with E-state index in [9.17, 15) is 9.18 Å². The van der Waals surface area contributed by atoms with Crippen LogP contribution in [-0.2, 0) is 0 Å². The predicted octanol–water partition coefficient (Wildman–Crippen LogP) is 2.42. The number of hydrogen-bond donors (Lipinski definition) is 0. The van der Waals surface area contributed by atoms with E-state index in [4.69, 9.17) is 0 Å². The first kappa shape index (κ1) is 14.7. The zero-order valence-corrected chi connectivity index (χ0v) is 13.4. The summed E-state index contributed by atoms with van der Waals surface area (Å²) >= 11 is 1.29. The van der Waals surface area contributed by atoms with Crippen LogP contribution in [0.15, 0.2) is 30.2 Å². The highest BCUT2D eigenvalue weighted by Gasteiger charge is 2.41. The Kier molecular flexibility index (Phi) is 3.82. The van der Waals surface area contributed by atoms with Crippen molar-refractivity contribution in [2.75, 3.05) is 24.5 Å². The summed E-state index contributed by atoms with van der Waals surface area (Å²) in [6.07, 6.45) is 6.52. The average molecular weight is 332 g/mol. The number of piperidine rings is 3. The number of carbonyl (C=O) groups excluding carboxylic acids is 1. The Morgan fingerprint density at radius 2 is 2.13 bits per heavy atom. The summed E-state index contributed by atoms with van der Waals surface area (Å²) in [5.41, 5.74) is 1.89. The highest BCUT2D eigenvalue weighted by atomic mass is 32.1. The van der Waals surface area contributed by atoms with Gasteiger partial charge in [0.05, 0.1) is 29.6 Å². The minimum atomic E-state index is -0.408. The molecule has 0 unspecified atom stereocenters. The van der Waals surface area contributed by atoms with Crippen LogP contribution >= 0.6 is 11.3 Å². The molecule has 2 aromatic rings. The van der Waals surface area contributed by atoms with Gasteiger partial charge in [-0.15, -0.1) is 11.3 Å². The van der Waals surface area contributed by atoms with E-state index in [-0.39, 0.29) is 17.6 Å². The summed E-state index contributed by atoms with van der Waals surface area (Å²) < 4.78 is 14.4. The molecule has 0 spiro atoms. The Hall–Kier alpha value is -1.86. The van der Waals surface area contributed by atoms with E-state index in [0.717, 1.165) is 32.5 Å². The van der Waals surface area contributed by atoms with Gasteiger partial charge in [0.2, 0.25) is 0 Å². The number of carbonyl (C=O) groups is 1. The van der Waals surface area contributed by atoms with Gasteiger partial charge < -0.3 is 4.90 Å². The fraction of sp³-hybridized carbons (Fsp3) is 0.438. The van der Waals surface area contributed by atoms with Gasteiger partial charge in [0, 0.05) is 12.7 Å². The molecular weight excluding hydrogens is 315 g/mol. The minimum Gasteiger partial charge on any atom is -0.301 e. The fourth-order valence-electron chi connectivity index (χ4n) is 3.65. The molecule has 0 aromatic carbocycles. The van der Waals surface area contributed by atoms with Crippen LogP contribution in [0, 0.1) is 11.7 Å². The number of thiazole rings is 1. The van der Waals surface area contributed by atoms with Gasteiger partial charge in [-0.25, -0.2) is 4.39 Å². The molecule has 7 heteroatoms. The van der Waals surface area contributed by atoms with Crippen LogP contribution in [0.4, 0.5) is 10.1 Å². The second kappa shape index (κ2) is 5.98. The largest absolute Gasteiger partial charge is 0.301 e. The van der Waals surface area contributed by atoms with Gasteiger partial charge in [0.15, 0.2) is 0 Å². The van der Waals surface area contributed by atoms with Crippen LogP contribution in [-0.4, -0.2) is 46.5 Å². The molecule has 0 N–H and O–H groups in total. The first-order valence-corrected chi connectivity index (χ1v) is 8.66. The van der Waals surface area contributed by atoms with Gasteiger partial charge in [0.1, 0.15) is 10.7 Å². The lowest BCUT2D eigenvalue weighted by Gasteiger charge is -2.48. The smallest absolute Gasteiger partial charge is 0.270 e. The molecule has 0 saturated carbocycles. The monoisotopic (exact) mass is 332 g/mol. The van der Waals surface area contributed by atoms with Crippen molar-refractivity contribution in [3.8, 4) is 0 Å². The van der Waals surface area contributed by atoms with Crippen LogP contribution < -0.4 is 4.90 Å². The molecule has 0 radical (unpaired) electrons. The molecule has 23 heavy (non-hydrogen) atoms. The third-order valence-corrected chi connectivity index (χ3v) is 5.58. The van der Waals surface area contributed by atoms with Crippen LogP contribution in [0.5, 0.6) is 0 Å². The molecule has 2 bridgehead atoms. The van der Waals surface area contributed by atoms with Crippen molar-refractivity contribution < 1.29 is 9.18 Å². The van der Waals surface area contributed by atoms with Crippen molar-refractivity contribution in [1.82, 2.24) is 14.9 Å². The van der Waals surface area contributed by atoms with Crippen molar-refractivity contribution in [2.24, 2.45) is 5.92 Å². The molecular formula is C16H17FN4OS. The summed E-state index contributed by atoms with van der Waals surface area (Å²) in [5, 5.41) is 0. The molecule has 3 fully saturated rings.